The molecule has 0 fully saturated rings. The van der Waals surface area contributed by atoms with Crippen LogP contribution in [-0.2, 0) is 6.54 Å². The van der Waals surface area contributed by atoms with Gasteiger partial charge in [-0.25, -0.2) is 9.38 Å². The van der Waals surface area contributed by atoms with Crippen molar-refractivity contribution in [2.24, 2.45) is 4.99 Å². The van der Waals surface area contributed by atoms with Gasteiger partial charge >= 0.3 is 0 Å². The molecule has 2 rings (SSSR count). The van der Waals surface area contributed by atoms with Crippen molar-refractivity contribution in [2.75, 3.05) is 41.0 Å². The van der Waals surface area contributed by atoms with Crippen molar-refractivity contribution in [3.63, 3.8) is 0 Å². The van der Waals surface area contributed by atoms with Gasteiger partial charge in [0.05, 0.1) is 34.4 Å². The first-order valence-corrected chi connectivity index (χ1v) is 9.30. The van der Waals surface area contributed by atoms with Crippen LogP contribution in [0.15, 0.2) is 41.4 Å². The molecule has 0 unspecified atom stereocenters. The van der Waals surface area contributed by atoms with E-state index < -0.39 is 0 Å². The summed E-state index contributed by atoms with van der Waals surface area (Å²) >= 11 is 0. The van der Waals surface area contributed by atoms with Crippen molar-refractivity contribution in [1.82, 2.24) is 10.6 Å². The van der Waals surface area contributed by atoms with Crippen LogP contribution in [0.25, 0.3) is 0 Å². The lowest BCUT2D eigenvalue weighted by Gasteiger charge is -2.14. The van der Waals surface area contributed by atoms with Crippen LogP contribution >= 0.6 is 24.0 Å². The third kappa shape index (κ3) is 7.77. The summed E-state index contributed by atoms with van der Waals surface area (Å²) in [5, 5.41) is 6.37. The van der Waals surface area contributed by atoms with Gasteiger partial charge in [-0.15, -0.1) is 24.0 Å². The summed E-state index contributed by atoms with van der Waals surface area (Å²) in [6, 6.07) is 9.78. The molecule has 2 aromatic rings. The fourth-order valence-corrected chi connectivity index (χ4v) is 2.63. The summed E-state index contributed by atoms with van der Waals surface area (Å²) in [6.45, 7) is 4.00. The molecule has 9 heteroatoms. The SMILES string of the molecule is CCNC(=NCc1cc(OC)c(OC)c(OC)c1)NCCOc1cccc(F)c1.I. The van der Waals surface area contributed by atoms with Gasteiger partial charge in [0, 0.05) is 12.6 Å². The Balaban J connectivity index is 0.00000450. The molecule has 0 amide bonds. The van der Waals surface area contributed by atoms with Crippen LogP contribution in [0.3, 0.4) is 0 Å². The van der Waals surface area contributed by atoms with Gasteiger partial charge in [0.1, 0.15) is 18.2 Å². The Labute approximate surface area is 194 Å². The lowest BCUT2D eigenvalue weighted by molar-refractivity contribution is 0.320. The largest absolute Gasteiger partial charge is 0.493 e. The number of rotatable bonds is 10. The lowest BCUT2D eigenvalue weighted by atomic mass is 10.2. The maximum absolute atomic E-state index is 13.2. The zero-order valence-corrected chi connectivity index (χ0v) is 20.0. The minimum Gasteiger partial charge on any atom is -0.493 e. The van der Waals surface area contributed by atoms with Crippen molar-refractivity contribution in [1.29, 1.82) is 0 Å². The van der Waals surface area contributed by atoms with Gasteiger partial charge in [-0.1, -0.05) is 6.07 Å². The summed E-state index contributed by atoms with van der Waals surface area (Å²) in [5.41, 5.74) is 0.910. The minimum atomic E-state index is -0.323. The van der Waals surface area contributed by atoms with Gasteiger partial charge in [0.25, 0.3) is 0 Å². The molecular formula is C21H29FIN3O4. The summed E-state index contributed by atoms with van der Waals surface area (Å²) in [7, 11) is 4.72. The maximum atomic E-state index is 13.2. The predicted molar refractivity (Wildman–Crippen MR) is 126 cm³/mol. The second-order valence-electron chi connectivity index (χ2n) is 5.96. The number of halogens is 2. The van der Waals surface area contributed by atoms with Gasteiger partial charge < -0.3 is 29.6 Å². The normalized spacial score (nSPS) is 10.6. The average Bonchev–Trinajstić information content (AvgIpc) is 2.74. The van der Waals surface area contributed by atoms with E-state index >= 15 is 0 Å². The van der Waals surface area contributed by atoms with Crippen LogP contribution in [0.5, 0.6) is 23.0 Å². The molecule has 0 saturated heterocycles. The van der Waals surface area contributed by atoms with Crippen LogP contribution in [0.2, 0.25) is 0 Å². The summed E-state index contributed by atoms with van der Waals surface area (Å²) in [5.74, 6) is 2.52. The molecule has 0 atom stereocenters. The minimum absolute atomic E-state index is 0. The molecule has 0 spiro atoms. The van der Waals surface area contributed by atoms with Gasteiger partial charge in [0.15, 0.2) is 17.5 Å². The molecular weight excluding hydrogens is 504 g/mol. The second-order valence-corrected chi connectivity index (χ2v) is 5.96. The van der Waals surface area contributed by atoms with E-state index in [1.165, 1.54) is 12.1 Å². The van der Waals surface area contributed by atoms with Crippen LogP contribution in [0, 0.1) is 5.82 Å². The first-order chi connectivity index (χ1) is 14.1. The summed E-state index contributed by atoms with van der Waals surface area (Å²) in [6.07, 6.45) is 0. The second kappa shape index (κ2) is 13.7. The third-order valence-electron chi connectivity index (χ3n) is 3.95. The fourth-order valence-electron chi connectivity index (χ4n) is 2.63. The number of guanidine groups is 1. The molecule has 0 radical (unpaired) electrons. The summed E-state index contributed by atoms with van der Waals surface area (Å²) in [4.78, 5) is 4.58. The smallest absolute Gasteiger partial charge is 0.203 e. The Hall–Kier alpha value is -2.43. The molecule has 0 bridgehead atoms. The molecule has 30 heavy (non-hydrogen) atoms. The first kappa shape index (κ1) is 25.6. The molecule has 0 heterocycles. The Morgan fingerprint density at radius 1 is 1.00 bits per heavy atom. The van der Waals surface area contributed by atoms with Crippen molar-refractivity contribution < 1.29 is 23.3 Å². The molecule has 0 aliphatic heterocycles. The quantitative estimate of drug-likeness (QED) is 0.211. The van der Waals surface area contributed by atoms with E-state index in [2.05, 4.69) is 15.6 Å². The zero-order chi connectivity index (χ0) is 21.1. The van der Waals surface area contributed by atoms with Gasteiger partial charge in [0.2, 0.25) is 5.75 Å². The highest BCUT2D eigenvalue weighted by Gasteiger charge is 2.13. The van der Waals surface area contributed by atoms with Gasteiger partial charge in [-0.3, -0.25) is 0 Å². The number of hydrogen-bond acceptors (Lipinski definition) is 5. The van der Waals surface area contributed by atoms with E-state index in [0.29, 0.717) is 55.2 Å². The Kier molecular flexibility index (Phi) is 11.7. The molecule has 2 N–H and O–H groups in total. The van der Waals surface area contributed by atoms with E-state index in [1.54, 1.807) is 33.5 Å². The van der Waals surface area contributed by atoms with Crippen LogP contribution in [0.1, 0.15) is 12.5 Å². The number of ether oxygens (including phenoxy) is 4. The first-order valence-electron chi connectivity index (χ1n) is 9.30. The number of benzene rings is 2. The molecule has 166 valence electrons. The summed E-state index contributed by atoms with van der Waals surface area (Å²) < 4.78 is 34.8. The average molecular weight is 533 g/mol. The number of nitrogens with one attached hydrogen (secondary N) is 2. The lowest BCUT2D eigenvalue weighted by Crippen LogP contribution is -2.39. The van der Waals surface area contributed by atoms with E-state index in [1.807, 2.05) is 19.1 Å². The van der Waals surface area contributed by atoms with E-state index in [4.69, 9.17) is 18.9 Å². The van der Waals surface area contributed by atoms with Crippen molar-refractivity contribution in [3.05, 3.63) is 47.8 Å². The maximum Gasteiger partial charge on any atom is 0.203 e. The predicted octanol–water partition coefficient (Wildman–Crippen LogP) is 3.60. The number of hydrogen-bond donors (Lipinski definition) is 2. The van der Waals surface area contributed by atoms with Crippen molar-refractivity contribution >= 4 is 29.9 Å². The Morgan fingerprint density at radius 3 is 2.27 bits per heavy atom. The fraction of sp³-hybridized carbons (Fsp3) is 0.381. The number of nitrogens with zero attached hydrogens (tertiary/aromatic N) is 1. The molecule has 0 aliphatic carbocycles. The number of aliphatic imine (C=N–C) groups is 1. The highest BCUT2D eigenvalue weighted by atomic mass is 127. The molecule has 7 nitrogen and oxygen atoms in total. The Morgan fingerprint density at radius 2 is 1.70 bits per heavy atom. The van der Waals surface area contributed by atoms with Crippen LogP contribution in [0.4, 0.5) is 4.39 Å². The standard InChI is InChI=1S/C21H28FN3O4.HI/c1-5-23-21(24-9-10-29-17-8-6-7-16(22)13-17)25-14-15-11-18(26-2)20(28-4)19(12-15)27-3;/h6-8,11-13H,5,9-10,14H2,1-4H3,(H2,23,24,25);1H. The molecule has 0 aromatic heterocycles. The van der Waals surface area contributed by atoms with Crippen molar-refractivity contribution in [3.8, 4) is 23.0 Å². The monoisotopic (exact) mass is 533 g/mol. The number of methoxy groups -OCH3 is 3. The third-order valence-corrected chi connectivity index (χ3v) is 3.95. The Bertz CT molecular complexity index is 796. The van der Waals surface area contributed by atoms with Crippen LogP contribution in [-0.4, -0.2) is 47.0 Å². The molecule has 2 aromatic carbocycles. The molecule has 0 saturated carbocycles. The van der Waals surface area contributed by atoms with E-state index in [0.717, 1.165) is 5.56 Å². The van der Waals surface area contributed by atoms with Crippen LogP contribution < -0.4 is 29.6 Å². The highest BCUT2D eigenvalue weighted by Crippen LogP contribution is 2.38. The highest BCUT2D eigenvalue weighted by molar-refractivity contribution is 14.0. The van der Waals surface area contributed by atoms with E-state index in [-0.39, 0.29) is 29.8 Å². The van der Waals surface area contributed by atoms with Gasteiger partial charge in [-0.05, 0) is 36.8 Å². The van der Waals surface area contributed by atoms with E-state index in [9.17, 15) is 4.39 Å². The topological polar surface area (TPSA) is 73.3 Å². The van der Waals surface area contributed by atoms with Crippen molar-refractivity contribution in [2.45, 2.75) is 13.5 Å². The van der Waals surface area contributed by atoms with Gasteiger partial charge in [-0.2, -0.15) is 0 Å². The zero-order valence-electron chi connectivity index (χ0n) is 17.7. The molecule has 0 aliphatic rings.